The molecule has 76 valence electrons. The van der Waals surface area contributed by atoms with Gasteiger partial charge in [-0.25, -0.2) is 4.79 Å². The van der Waals surface area contributed by atoms with Gasteiger partial charge in [-0.2, -0.15) is 0 Å². The largest absolute Gasteiger partial charge is 0.404 e. The highest BCUT2D eigenvalue weighted by Crippen LogP contribution is 2.29. The van der Waals surface area contributed by atoms with Gasteiger partial charge in [-0.05, 0) is 6.92 Å². The maximum Gasteiger partial charge on any atom is 0.337 e. The van der Waals surface area contributed by atoms with Crippen molar-refractivity contribution >= 4 is 5.97 Å². The van der Waals surface area contributed by atoms with Gasteiger partial charge in [-0.3, -0.25) is 0 Å². The van der Waals surface area contributed by atoms with Gasteiger partial charge in [0.2, 0.25) is 0 Å². The third kappa shape index (κ3) is 3.16. The quantitative estimate of drug-likeness (QED) is 0.382. The number of carbonyl (C=O) groups is 1. The molecule has 0 aliphatic heterocycles. The second kappa shape index (κ2) is 3.47. The van der Waals surface area contributed by atoms with Crippen LogP contribution in [0.5, 0.6) is 0 Å². The van der Waals surface area contributed by atoms with E-state index in [9.17, 15) is 15.0 Å². The number of aliphatic hydroxyl groups is 2. The van der Waals surface area contributed by atoms with Gasteiger partial charge in [-0.15, -0.1) is 0 Å². The lowest BCUT2D eigenvalue weighted by Crippen LogP contribution is -2.46. The molecule has 0 heterocycles. The Morgan fingerprint density at radius 1 is 1.31 bits per heavy atom. The maximum absolute atomic E-state index is 11.0. The highest BCUT2D eigenvalue weighted by atomic mass is 16.8. The van der Waals surface area contributed by atoms with Crippen molar-refractivity contribution in [3.8, 4) is 0 Å². The zero-order valence-electron chi connectivity index (χ0n) is 8.42. The summed E-state index contributed by atoms with van der Waals surface area (Å²) in [6.07, 6.45) is 0. The minimum absolute atomic E-state index is 0.122. The first kappa shape index (κ1) is 12.1. The molecule has 0 atom stereocenters. The summed E-state index contributed by atoms with van der Waals surface area (Å²) in [5.41, 5.74) is -0.838. The van der Waals surface area contributed by atoms with Crippen LogP contribution in [0, 0.1) is 5.41 Å². The van der Waals surface area contributed by atoms with Gasteiger partial charge < -0.3 is 14.9 Å². The molecule has 0 unspecified atom stereocenters. The predicted molar refractivity (Wildman–Crippen MR) is 47.5 cm³/mol. The SMILES string of the molecule is C=C(C)C(=O)OC(O)(O)C(C)(C)C. The molecule has 0 aromatic carbocycles. The molecule has 0 aliphatic carbocycles. The summed E-state index contributed by atoms with van der Waals surface area (Å²) >= 11 is 0. The van der Waals surface area contributed by atoms with Crippen LogP contribution in [0.3, 0.4) is 0 Å². The van der Waals surface area contributed by atoms with E-state index in [1.165, 1.54) is 6.92 Å². The van der Waals surface area contributed by atoms with E-state index in [-0.39, 0.29) is 5.57 Å². The maximum atomic E-state index is 11.0. The molecule has 0 bridgehead atoms. The minimum atomic E-state index is -2.47. The van der Waals surface area contributed by atoms with Gasteiger partial charge in [-0.1, -0.05) is 27.4 Å². The van der Waals surface area contributed by atoms with Crippen molar-refractivity contribution in [2.75, 3.05) is 0 Å². The Morgan fingerprint density at radius 3 is 1.92 bits per heavy atom. The third-order valence-electron chi connectivity index (χ3n) is 1.56. The molecular weight excluding hydrogens is 172 g/mol. The van der Waals surface area contributed by atoms with Gasteiger partial charge in [0.1, 0.15) is 0 Å². The summed E-state index contributed by atoms with van der Waals surface area (Å²) in [4.78, 5) is 11.0. The Kier molecular flexibility index (Phi) is 3.24. The van der Waals surface area contributed by atoms with Crippen LogP contribution in [-0.2, 0) is 9.53 Å². The molecule has 4 nitrogen and oxygen atoms in total. The van der Waals surface area contributed by atoms with Crippen LogP contribution < -0.4 is 0 Å². The van der Waals surface area contributed by atoms with E-state index >= 15 is 0 Å². The van der Waals surface area contributed by atoms with Crippen LogP contribution in [0.25, 0.3) is 0 Å². The van der Waals surface area contributed by atoms with E-state index < -0.39 is 17.4 Å². The van der Waals surface area contributed by atoms with Crippen LogP contribution in [0.2, 0.25) is 0 Å². The topological polar surface area (TPSA) is 66.8 Å². The monoisotopic (exact) mass is 188 g/mol. The number of esters is 1. The molecule has 0 saturated heterocycles. The average molecular weight is 188 g/mol. The van der Waals surface area contributed by atoms with Crippen LogP contribution in [-0.4, -0.2) is 22.2 Å². The fraction of sp³-hybridized carbons (Fsp3) is 0.667. The number of carbonyl (C=O) groups excluding carboxylic acids is 1. The van der Waals surface area contributed by atoms with Crippen molar-refractivity contribution in [3.63, 3.8) is 0 Å². The number of hydrogen-bond donors (Lipinski definition) is 2. The molecule has 13 heavy (non-hydrogen) atoms. The van der Waals surface area contributed by atoms with Crippen molar-refractivity contribution in [3.05, 3.63) is 12.2 Å². The Morgan fingerprint density at radius 2 is 1.69 bits per heavy atom. The normalized spacial score (nSPS) is 12.5. The first-order valence-electron chi connectivity index (χ1n) is 3.91. The van der Waals surface area contributed by atoms with Crippen molar-refractivity contribution in [1.82, 2.24) is 0 Å². The Bertz CT molecular complexity index is 222. The van der Waals surface area contributed by atoms with Crippen LogP contribution >= 0.6 is 0 Å². The van der Waals surface area contributed by atoms with Crippen LogP contribution in [0.15, 0.2) is 12.2 Å². The molecular formula is C9H16O4. The predicted octanol–water partition coefficient (Wildman–Crippen LogP) is 0.790. The van der Waals surface area contributed by atoms with E-state index in [4.69, 9.17) is 0 Å². The summed E-state index contributed by atoms with van der Waals surface area (Å²) in [7, 11) is 0. The molecule has 0 amide bonds. The van der Waals surface area contributed by atoms with E-state index in [0.717, 1.165) is 0 Å². The van der Waals surface area contributed by atoms with Gasteiger partial charge in [0.05, 0.1) is 5.41 Å². The van der Waals surface area contributed by atoms with Crippen molar-refractivity contribution in [2.24, 2.45) is 5.41 Å². The minimum Gasteiger partial charge on any atom is -0.404 e. The molecule has 0 aliphatic rings. The third-order valence-corrected chi connectivity index (χ3v) is 1.56. The Balaban J connectivity index is 4.53. The molecule has 0 aromatic rings. The van der Waals surface area contributed by atoms with Gasteiger partial charge in [0.15, 0.2) is 0 Å². The summed E-state index contributed by atoms with van der Waals surface area (Å²) in [5, 5.41) is 18.7. The lowest BCUT2D eigenvalue weighted by Gasteiger charge is -2.33. The molecule has 0 rings (SSSR count). The highest BCUT2D eigenvalue weighted by molar-refractivity contribution is 5.87. The lowest BCUT2D eigenvalue weighted by atomic mass is 9.93. The lowest BCUT2D eigenvalue weighted by molar-refractivity contribution is -0.364. The van der Waals surface area contributed by atoms with Crippen molar-refractivity contribution in [2.45, 2.75) is 33.7 Å². The Hall–Kier alpha value is -0.870. The first-order valence-corrected chi connectivity index (χ1v) is 3.91. The number of hydrogen-bond acceptors (Lipinski definition) is 4. The van der Waals surface area contributed by atoms with Gasteiger partial charge in [0.25, 0.3) is 0 Å². The Labute approximate surface area is 77.8 Å². The molecule has 0 radical (unpaired) electrons. The summed E-state index contributed by atoms with van der Waals surface area (Å²) in [6, 6.07) is 0. The molecule has 2 N–H and O–H groups in total. The zero-order chi connectivity index (χ0) is 10.9. The molecule has 0 saturated carbocycles. The van der Waals surface area contributed by atoms with E-state index in [2.05, 4.69) is 11.3 Å². The van der Waals surface area contributed by atoms with E-state index in [1.807, 2.05) is 0 Å². The standard InChI is InChI=1S/C9H16O4/c1-6(2)7(10)13-9(11,12)8(3,4)5/h11-12H,1H2,2-5H3. The summed E-state index contributed by atoms with van der Waals surface area (Å²) < 4.78 is 4.44. The molecule has 0 spiro atoms. The fourth-order valence-corrected chi connectivity index (χ4v) is 0.369. The summed E-state index contributed by atoms with van der Waals surface area (Å²) in [5.74, 6) is -3.29. The van der Waals surface area contributed by atoms with E-state index in [1.54, 1.807) is 20.8 Å². The number of rotatable bonds is 2. The fourth-order valence-electron chi connectivity index (χ4n) is 0.369. The van der Waals surface area contributed by atoms with E-state index in [0.29, 0.717) is 0 Å². The van der Waals surface area contributed by atoms with Gasteiger partial charge in [0, 0.05) is 5.57 Å². The summed E-state index contributed by atoms with van der Waals surface area (Å²) in [6.45, 7) is 9.38. The second-order valence-electron chi connectivity index (χ2n) is 4.03. The average Bonchev–Trinajstić information content (AvgIpc) is 1.83. The molecule has 0 fully saturated rings. The second-order valence-corrected chi connectivity index (χ2v) is 4.03. The smallest absolute Gasteiger partial charge is 0.337 e. The molecule has 0 aromatic heterocycles. The van der Waals surface area contributed by atoms with Crippen molar-refractivity contribution < 1.29 is 19.7 Å². The first-order chi connectivity index (χ1) is 5.58. The zero-order valence-corrected chi connectivity index (χ0v) is 8.42. The van der Waals surface area contributed by atoms with Gasteiger partial charge >= 0.3 is 11.9 Å². The van der Waals surface area contributed by atoms with Crippen molar-refractivity contribution in [1.29, 1.82) is 0 Å². The van der Waals surface area contributed by atoms with Crippen LogP contribution in [0.1, 0.15) is 27.7 Å². The highest BCUT2D eigenvalue weighted by Gasteiger charge is 2.42. The van der Waals surface area contributed by atoms with Crippen LogP contribution in [0.4, 0.5) is 0 Å². The molecule has 4 heteroatoms. The number of ether oxygens (including phenoxy) is 1.